The molecule has 0 radical (unpaired) electrons. The molecule has 0 aromatic carbocycles. The van der Waals surface area contributed by atoms with Gasteiger partial charge in [0.15, 0.2) is 0 Å². The number of hydrogen-bond acceptors (Lipinski definition) is 0. The van der Waals surface area contributed by atoms with E-state index in [4.69, 9.17) is 0 Å². The first-order valence-corrected chi connectivity index (χ1v) is 4.63. The van der Waals surface area contributed by atoms with Crippen LogP contribution < -0.4 is 0 Å². The van der Waals surface area contributed by atoms with Gasteiger partial charge in [-0.1, -0.05) is 39.3 Å². The molecular formula is C11H20. The van der Waals surface area contributed by atoms with Gasteiger partial charge in [0, 0.05) is 0 Å². The zero-order chi connectivity index (χ0) is 8.65. The number of rotatable bonds is 0. The molecule has 2 unspecified atom stereocenters. The monoisotopic (exact) mass is 152 g/mol. The molecule has 0 amide bonds. The van der Waals surface area contributed by atoms with Crippen LogP contribution in [-0.2, 0) is 0 Å². The second kappa shape index (κ2) is 2.66. The fourth-order valence-corrected chi connectivity index (χ4v) is 1.89. The van der Waals surface area contributed by atoms with Gasteiger partial charge in [-0.05, 0) is 30.6 Å². The molecular weight excluding hydrogens is 132 g/mol. The molecule has 0 bridgehead atoms. The molecule has 1 aliphatic rings. The van der Waals surface area contributed by atoms with E-state index in [1.165, 1.54) is 6.42 Å². The summed E-state index contributed by atoms with van der Waals surface area (Å²) in [4.78, 5) is 0. The van der Waals surface area contributed by atoms with Gasteiger partial charge in [0.25, 0.3) is 0 Å². The highest BCUT2D eigenvalue weighted by molar-refractivity contribution is 5.13. The van der Waals surface area contributed by atoms with Gasteiger partial charge >= 0.3 is 0 Å². The molecule has 0 aliphatic heterocycles. The second-order valence-electron chi connectivity index (χ2n) is 4.75. The lowest BCUT2D eigenvalue weighted by Gasteiger charge is -2.37. The summed E-state index contributed by atoms with van der Waals surface area (Å²) in [7, 11) is 0. The smallest absolute Gasteiger partial charge is 0.0146 e. The largest absolute Gasteiger partial charge is 0.0794 e. The van der Waals surface area contributed by atoms with Gasteiger partial charge in [-0.15, -0.1) is 0 Å². The predicted octanol–water partition coefficient (Wildman–Crippen LogP) is 3.63. The molecule has 64 valence electrons. The van der Waals surface area contributed by atoms with Crippen molar-refractivity contribution < 1.29 is 0 Å². The molecule has 1 aliphatic carbocycles. The van der Waals surface area contributed by atoms with Gasteiger partial charge in [0.1, 0.15) is 0 Å². The number of allylic oxidation sites excluding steroid dienone is 2. The molecule has 0 saturated carbocycles. The molecule has 0 aromatic heterocycles. The molecule has 0 spiro atoms. The van der Waals surface area contributed by atoms with Crippen LogP contribution in [0.3, 0.4) is 0 Å². The summed E-state index contributed by atoms with van der Waals surface area (Å²) < 4.78 is 0. The fourth-order valence-electron chi connectivity index (χ4n) is 1.89. The predicted molar refractivity (Wildman–Crippen MR) is 50.5 cm³/mol. The van der Waals surface area contributed by atoms with Crippen LogP contribution in [0.1, 0.15) is 41.0 Å². The Balaban J connectivity index is 2.87. The van der Waals surface area contributed by atoms with Crippen LogP contribution in [0.5, 0.6) is 0 Å². The Labute approximate surface area is 70.7 Å². The van der Waals surface area contributed by atoms with Crippen molar-refractivity contribution >= 4 is 0 Å². The zero-order valence-electron chi connectivity index (χ0n) is 8.44. The Morgan fingerprint density at radius 3 is 2.36 bits per heavy atom. The third-order valence-corrected chi connectivity index (χ3v) is 3.35. The van der Waals surface area contributed by atoms with E-state index in [0.717, 1.165) is 11.8 Å². The van der Waals surface area contributed by atoms with Crippen LogP contribution >= 0.6 is 0 Å². The zero-order valence-corrected chi connectivity index (χ0v) is 8.44. The minimum Gasteiger partial charge on any atom is -0.0794 e. The normalized spacial score (nSPS) is 36.6. The van der Waals surface area contributed by atoms with Crippen molar-refractivity contribution in [3.8, 4) is 0 Å². The lowest BCUT2D eigenvalue weighted by molar-refractivity contribution is 0.241. The third-order valence-electron chi connectivity index (χ3n) is 3.35. The molecule has 0 N–H and O–H groups in total. The summed E-state index contributed by atoms with van der Waals surface area (Å²) in [5.41, 5.74) is 2.00. The van der Waals surface area contributed by atoms with Crippen molar-refractivity contribution in [3.05, 3.63) is 11.6 Å². The van der Waals surface area contributed by atoms with Crippen LogP contribution in [0.15, 0.2) is 11.6 Å². The Hall–Kier alpha value is -0.260. The highest BCUT2D eigenvalue weighted by atomic mass is 14.3. The quantitative estimate of drug-likeness (QED) is 0.465. The van der Waals surface area contributed by atoms with Gasteiger partial charge in [-0.2, -0.15) is 0 Å². The first-order chi connectivity index (χ1) is 4.93. The summed E-state index contributed by atoms with van der Waals surface area (Å²) in [6.45, 7) is 11.6. The number of hydrogen-bond donors (Lipinski definition) is 0. The van der Waals surface area contributed by atoms with Crippen LogP contribution in [0.4, 0.5) is 0 Å². The Morgan fingerprint density at radius 1 is 1.36 bits per heavy atom. The summed E-state index contributed by atoms with van der Waals surface area (Å²) in [6.07, 6.45) is 3.81. The van der Waals surface area contributed by atoms with Crippen LogP contribution in [0.2, 0.25) is 0 Å². The van der Waals surface area contributed by atoms with E-state index >= 15 is 0 Å². The van der Waals surface area contributed by atoms with Gasteiger partial charge in [0.2, 0.25) is 0 Å². The maximum absolute atomic E-state index is 2.45. The summed E-state index contributed by atoms with van der Waals surface area (Å²) in [6, 6.07) is 0. The SMILES string of the molecule is CC1=CC(C)(C)C(C)CC1C. The van der Waals surface area contributed by atoms with E-state index in [1.807, 2.05) is 0 Å². The Morgan fingerprint density at radius 2 is 1.91 bits per heavy atom. The average molecular weight is 152 g/mol. The Kier molecular flexibility index (Phi) is 2.13. The van der Waals surface area contributed by atoms with Crippen molar-refractivity contribution in [2.45, 2.75) is 41.0 Å². The van der Waals surface area contributed by atoms with Crippen LogP contribution in [0, 0.1) is 17.3 Å². The summed E-state index contributed by atoms with van der Waals surface area (Å²) >= 11 is 0. The second-order valence-corrected chi connectivity index (χ2v) is 4.75. The lowest BCUT2D eigenvalue weighted by Crippen LogP contribution is -2.26. The first kappa shape index (κ1) is 8.83. The van der Waals surface area contributed by atoms with Crippen molar-refractivity contribution in [2.24, 2.45) is 17.3 Å². The van der Waals surface area contributed by atoms with Gasteiger partial charge < -0.3 is 0 Å². The standard InChI is InChI=1S/C11H20/c1-8-6-10(3)11(4,5)7-9(8)2/h7-8,10H,6H2,1-5H3. The van der Waals surface area contributed by atoms with E-state index < -0.39 is 0 Å². The molecule has 0 saturated heterocycles. The summed E-state index contributed by atoms with van der Waals surface area (Å²) in [5, 5.41) is 0. The fraction of sp³-hybridized carbons (Fsp3) is 0.818. The maximum atomic E-state index is 2.45. The molecule has 0 heterocycles. The van der Waals surface area contributed by atoms with Crippen molar-refractivity contribution in [1.29, 1.82) is 0 Å². The summed E-state index contributed by atoms with van der Waals surface area (Å²) in [5.74, 6) is 1.64. The molecule has 1 rings (SSSR count). The first-order valence-electron chi connectivity index (χ1n) is 4.63. The average Bonchev–Trinajstić information content (AvgIpc) is 1.83. The van der Waals surface area contributed by atoms with Crippen molar-refractivity contribution in [1.82, 2.24) is 0 Å². The van der Waals surface area contributed by atoms with E-state index in [9.17, 15) is 0 Å². The molecule has 0 nitrogen and oxygen atoms in total. The highest BCUT2D eigenvalue weighted by Gasteiger charge is 2.29. The minimum atomic E-state index is 0.427. The van der Waals surface area contributed by atoms with Crippen LogP contribution in [-0.4, -0.2) is 0 Å². The van der Waals surface area contributed by atoms with Gasteiger partial charge in [-0.25, -0.2) is 0 Å². The van der Waals surface area contributed by atoms with Crippen molar-refractivity contribution in [2.75, 3.05) is 0 Å². The molecule has 0 heteroatoms. The topological polar surface area (TPSA) is 0 Å². The molecule has 2 atom stereocenters. The van der Waals surface area contributed by atoms with E-state index in [-0.39, 0.29) is 0 Å². The van der Waals surface area contributed by atoms with Gasteiger partial charge in [-0.3, -0.25) is 0 Å². The van der Waals surface area contributed by atoms with E-state index in [2.05, 4.69) is 40.7 Å². The Bertz CT molecular complexity index is 174. The molecule has 0 aromatic rings. The third kappa shape index (κ3) is 1.66. The molecule has 11 heavy (non-hydrogen) atoms. The van der Waals surface area contributed by atoms with Crippen molar-refractivity contribution in [3.63, 3.8) is 0 Å². The lowest BCUT2D eigenvalue weighted by atomic mass is 9.69. The minimum absolute atomic E-state index is 0.427. The van der Waals surface area contributed by atoms with E-state index in [0.29, 0.717) is 5.41 Å². The highest BCUT2D eigenvalue weighted by Crippen LogP contribution is 2.40. The van der Waals surface area contributed by atoms with Gasteiger partial charge in [0.05, 0.1) is 0 Å². The van der Waals surface area contributed by atoms with E-state index in [1.54, 1.807) is 5.57 Å². The molecule has 0 fully saturated rings. The maximum Gasteiger partial charge on any atom is -0.0146 e. The van der Waals surface area contributed by atoms with Crippen LogP contribution in [0.25, 0.3) is 0 Å².